The van der Waals surface area contributed by atoms with E-state index in [-0.39, 0.29) is 12.3 Å². The lowest BCUT2D eigenvalue weighted by atomic mass is 10.4. The molecule has 0 aliphatic heterocycles. The molecule has 72 valence electrons. The van der Waals surface area contributed by atoms with Gasteiger partial charge in [-0.25, -0.2) is 4.79 Å². The molecule has 1 saturated carbocycles. The van der Waals surface area contributed by atoms with Gasteiger partial charge in [0, 0.05) is 31.6 Å². The van der Waals surface area contributed by atoms with Gasteiger partial charge in [0.15, 0.2) is 0 Å². The third kappa shape index (κ3) is 1.67. The van der Waals surface area contributed by atoms with E-state index >= 15 is 0 Å². The van der Waals surface area contributed by atoms with E-state index in [4.69, 9.17) is 5.11 Å². The van der Waals surface area contributed by atoms with Crippen LogP contribution in [0.5, 0.6) is 0 Å². The summed E-state index contributed by atoms with van der Waals surface area (Å²) in [4.78, 5) is 11.6. The van der Waals surface area contributed by atoms with Crippen LogP contribution in [0.4, 0.5) is 0 Å². The van der Waals surface area contributed by atoms with E-state index in [0.29, 0.717) is 19.0 Å². The average Bonchev–Trinajstić information content (AvgIpc) is 2.89. The summed E-state index contributed by atoms with van der Waals surface area (Å²) in [5.41, 5.74) is 0.0657. The van der Waals surface area contributed by atoms with Crippen molar-refractivity contribution in [3.8, 4) is 0 Å². The van der Waals surface area contributed by atoms with Crippen molar-refractivity contribution >= 4 is 0 Å². The smallest absolute Gasteiger partial charge is 0.328 e. The molecule has 1 N–H and O–H groups in total. The zero-order chi connectivity index (χ0) is 9.26. The Bertz CT molecular complexity index is 336. The normalized spacial score (nSPS) is 16.4. The molecule has 0 saturated heterocycles. The summed E-state index contributed by atoms with van der Waals surface area (Å²) in [5.74, 6) is 0. The number of aryl methyl sites for hydroxylation is 1. The molecule has 2 rings (SSSR count). The largest absolute Gasteiger partial charge is 0.396 e. The summed E-state index contributed by atoms with van der Waals surface area (Å²) in [6.07, 6.45) is 6.55. The van der Waals surface area contributed by atoms with Gasteiger partial charge >= 0.3 is 5.69 Å². The molecule has 1 aliphatic carbocycles. The van der Waals surface area contributed by atoms with Crippen molar-refractivity contribution in [3.63, 3.8) is 0 Å². The van der Waals surface area contributed by atoms with Gasteiger partial charge in [-0.15, -0.1) is 0 Å². The molecular formula is C9H14N2O2. The zero-order valence-corrected chi connectivity index (χ0v) is 7.52. The molecule has 1 fully saturated rings. The fourth-order valence-corrected chi connectivity index (χ4v) is 1.47. The summed E-state index contributed by atoms with van der Waals surface area (Å²) in [6, 6.07) is 0.447. The van der Waals surface area contributed by atoms with Crippen molar-refractivity contribution in [2.24, 2.45) is 0 Å². The van der Waals surface area contributed by atoms with Crippen LogP contribution in [0.25, 0.3) is 0 Å². The number of hydrogen-bond acceptors (Lipinski definition) is 2. The maximum Gasteiger partial charge on any atom is 0.328 e. The minimum atomic E-state index is 0.0657. The van der Waals surface area contributed by atoms with E-state index in [1.807, 2.05) is 6.20 Å². The standard InChI is InChI=1S/C9H14N2O2/c12-7-1-4-10-5-6-11(9(10)13)8-2-3-8/h5-6,8,12H,1-4,7H2. The van der Waals surface area contributed by atoms with Gasteiger partial charge in [-0.1, -0.05) is 0 Å². The Morgan fingerprint density at radius 3 is 2.85 bits per heavy atom. The number of nitrogens with zero attached hydrogens (tertiary/aromatic N) is 2. The second-order valence-corrected chi connectivity index (χ2v) is 3.49. The van der Waals surface area contributed by atoms with Crippen molar-refractivity contribution in [3.05, 3.63) is 22.9 Å². The highest BCUT2D eigenvalue weighted by Gasteiger charge is 2.25. The van der Waals surface area contributed by atoms with Crippen molar-refractivity contribution in [1.29, 1.82) is 0 Å². The topological polar surface area (TPSA) is 47.2 Å². The Hall–Kier alpha value is -1.03. The van der Waals surface area contributed by atoms with Crippen LogP contribution < -0.4 is 5.69 Å². The van der Waals surface area contributed by atoms with Gasteiger partial charge in [0.2, 0.25) is 0 Å². The lowest BCUT2D eigenvalue weighted by molar-refractivity contribution is 0.279. The number of hydrogen-bond donors (Lipinski definition) is 1. The van der Waals surface area contributed by atoms with E-state index in [0.717, 1.165) is 12.8 Å². The van der Waals surface area contributed by atoms with Gasteiger partial charge in [-0.2, -0.15) is 0 Å². The van der Waals surface area contributed by atoms with E-state index in [1.54, 1.807) is 15.3 Å². The average molecular weight is 182 g/mol. The van der Waals surface area contributed by atoms with Crippen molar-refractivity contribution in [2.75, 3.05) is 6.61 Å². The molecule has 1 aliphatic rings. The Morgan fingerprint density at radius 2 is 2.23 bits per heavy atom. The van der Waals surface area contributed by atoms with Crippen LogP contribution in [-0.4, -0.2) is 20.8 Å². The fourth-order valence-electron chi connectivity index (χ4n) is 1.47. The molecule has 0 bridgehead atoms. The highest BCUT2D eigenvalue weighted by Crippen LogP contribution is 2.33. The first-order valence-corrected chi connectivity index (χ1v) is 4.71. The first-order valence-electron chi connectivity index (χ1n) is 4.71. The highest BCUT2D eigenvalue weighted by atomic mass is 16.3. The van der Waals surface area contributed by atoms with E-state index in [2.05, 4.69) is 0 Å². The van der Waals surface area contributed by atoms with Crippen LogP contribution >= 0.6 is 0 Å². The van der Waals surface area contributed by atoms with Crippen LogP contribution in [0, 0.1) is 0 Å². The number of aliphatic hydroxyl groups is 1. The molecule has 0 aromatic carbocycles. The quantitative estimate of drug-likeness (QED) is 0.731. The molecule has 0 unspecified atom stereocenters. The van der Waals surface area contributed by atoms with E-state index < -0.39 is 0 Å². The molecule has 0 amide bonds. The van der Waals surface area contributed by atoms with Crippen LogP contribution in [0.15, 0.2) is 17.2 Å². The third-order valence-electron chi connectivity index (χ3n) is 2.37. The van der Waals surface area contributed by atoms with Gasteiger partial charge in [0.1, 0.15) is 0 Å². The Morgan fingerprint density at radius 1 is 1.46 bits per heavy atom. The minimum Gasteiger partial charge on any atom is -0.396 e. The second kappa shape index (κ2) is 3.38. The van der Waals surface area contributed by atoms with Crippen molar-refractivity contribution in [1.82, 2.24) is 9.13 Å². The van der Waals surface area contributed by atoms with Crippen LogP contribution in [0.2, 0.25) is 0 Å². The molecule has 0 radical (unpaired) electrons. The number of imidazole rings is 1. The Kier molecular flexibility index (Phi) is 2.22. The lowest BCUT2D eigenvalue weighted by Crippen LogP contribution is -2.23. The predicted molar refractivity (Wildman–Crippen MR) is 48.7 cm³/mol. The number of aromatic nitrogens is 2. The Labute approximate surface area is 76.4 Å². The maximum absolute atomic E-state index is 11.6. The predicted octanol–water partition coefficient (Wildman–Crippen LogP) is 0.367. The highest BCUT2D eigenvalue weighted by molar-refractivity contribution is 4.91. The maximum atomic E-state index is 11.6. The van der Waals surface area contributed by atoms with Gasteiger partial charge in [0.05, 0.1) is 0 Å². The summed E-state index contributed by atoms with van der Waals surface area (Å²) in [6.45, 7) is 0.760. The molecular weight excluding hydrogens is 168 g/mol. The zero-order valence-electron chi connectivity index (χ0n) is 7.52. The first-order chi connectivity index (χ1) is 6.33. The summed E-state index contributed by atoms with van der Waals surface area (Å²) in [5, 5.41) is 8.62. The summed E-state index contributed by atoms with van der Waals surface area (Å²) in [7, 11) is 0. The first kappa shape index (κ1) is 8.56. The molecule has 0 spiro atoms. The van der Waals surface area contributed by atoms with Crippen LogP contribution in [0.3, 0.4) is 0 Å². The molecule has 4 nitrogen and oxygen atoms in total. The minimum absolute atomic E-state index is 0.0657. The van der Waals surface area contributed by atoms with Crippen molar-refractivity contribution in [2.45, 2.75) is 31.8 Å². The SMILES string of the molecule is O=c1n(CCCO)ccn1C1CC1. The summed E-state index contributed by atoms with van der Waals surface area (Å²) < 4.78 is 3.45. The van der Waals surface area contributed by atoms with E-state index in [9.17, 15) is 4.79 Å². The molecule has 4 heteroatoms. The van der Waals surface area contributed by atoms with E-state index in [1.165, 1.54) is 0 Å². The van der Waals surface area contributed by atoms with Gasteiger partial charge in [0.25, 0.3) is 0 Å². The molecule has 13 heavy (non-hydrogen) atoms. The fraction of sp³-hybridized carbons (Fsp3) is 0.667. The van der Waals surface area contributed by atoms with Crippen LogP contribution in [-0.2, 0) is 6.54 Å². The summed E-state index contributed by atoms with van der Waals surface area (Å²) >= 11 is 0. The molecule has 0 atom stereocenters. The second-order valence-electron chi connectivity index (χ2n) is 3.49. The Balaban J connectivity index is 2.13. The van der Waals surface area contributed by atoms with Gasteiger partial charge < -0.3 is 5.11 Å². The molecule has 1 aromatic rings. The monoisotopic (exact) mass is 182 g/mol. The number of aliphatic hydroxyl groups excluding tert-OH is 1. The van der Waals surface area contributed by atoms with Gasteiger partial charge in [-0.3, -0.25) is 9.13 Å². The number of rotatable bonds is 4. The van der Waals surface area contributed by atoms with Gasteiger partial charge in [-0.05, 0) is 19.3 Å². The van der Waals surface area contributed by atoms with Crippen LogP contribution in [0.1, 0.15) is 25.3 Å². The lowest BCUT2D eigenvalue weighted by Gasteiger charge is -1.98. The molecule has 1 heterocycles. The third-order valence-corrected chi connectivity index (χ3v) is 2.37. The molecule has 1 aromatic heterocycles. The van der Waals surface area contributed by atoms with Crippen molar-refractivity contribution < 1.29 is 5.11 Å².